The number of thioether (sulfide) groups is 1. The van der Waals surface area contributed by atoms with Crippen LogP contribution in [0, 0.1) is 17.8 Å². The second kappa shape index (κ2) is 5.59. The van der Waals surface area contributed by atoms with E-state index in [9.17, 15) is 4.79 Å². The third-order valence-corrected chi connectivity index (χ3v) is 6.80. The Hall–Kier alpha value is -0.960. The van der Waals surface area contributed by atoms with Crippen molar-refractivity contribution in [3.63, 3.8) is 0 Å². The summed E-state index contributed by atoms with van der Waals surface area (Å²) in [6.45, 7) is 2.14. The molecule has 4 aliphatic carbocycles. The summed E-state index contributed by atoms with van der Waals surface area (Å²) < 4.78 is 0. The van der Waals surface area contributed by atoms with Crippen molar-refractivity contribution in [2.75, 3.05) is 5.75 Å². The Bertz CT molecular complexity index is 547. The summed E-state index contributed by atoms with van der Waals surface area (Å²) in [5.41, 5.74) is 0.973. The minimum Gasteiger partial charge on any atom is -0.347 e. The molecule has 5 rings (SSSR count). The summed E-state index contributed by atoms with van der Waals surface area (Å²) in [6, 6.07) is 8.06. The van der Waals surface area contributed by atoms with Gasteiger partial charge in [0, 0.05) is 10.4 Å². The zero-order valence-corrected chi connectivity index (χ0v) is 14.1. The van der Waals surface area contributed by atoms with E-state index in [1.54, 1.807) is 11.8 Å². The van der Waals surface area contributed by atoms with Crippen LogP contribution in [0.5, 0.6) is 0 Å². The molecule has 3 heteroatoms. The minimum atomic E-state index is 0.107. The Morgan fingerprint density at radius 2 is 1.73 bits per heavy atom. The van der Waals surface area contributed by atoms with Crippen molar-refractivity contribution in [2.45, 2.75) is 55.9 Å². The molecular weight excluding hydrogens is 290 g/mol. The monoisotopic (exact) mass is 315 g/mol. The first-order chi connectivity index (χ1) is 10.7. The molecule has 0 unspecified atom stereocenters. The molecule has 1 aromatic carbocycles. The van der Waals surface area contributed by atoms with Crippen LogP contribution in [-0.4, -0.2) is 17.2 Å². The highest BCUT2D eigenvalue weighted by atomic mass is 32.2. The van der Waals surface area contributed by atoms with E-state index in [1.807, 2.05) is 18.2 Å². The number of benzene rings is 1. The second-order valence-corrected chi connectivity index (χ2v) is 8.89. The highest BCUT2D eigenvalue weighted by molar-refractivity contribution is 7.99. The minimum absolute atomic E-state index is 0.107. The molecule has 2 nitrogen and oxygen atoms in total. The number of hydrogen-bond acceptors (Lipinski definition) is 2. The van der Waals surface area contributed by atoms with E-state index in [0.29, 0.717) is 0 Å². The molecule has 4 aliphatic rings. The van der Waals surface area contributed by atoms with Crippen molar-refractivity contribution < 1.29 is 4.79 Å². The van der Waals surface area contributed by atoms with Gasteiger partial charge in [0.05, 0.1) is 5.56 Å². The molecule has 0 heterocycles. The van der Waals surface area contributed by atoms with Gasteiger partial charge in [-0.3, -0.25) is 4.79 Å². The SMILES string of the molecule is CCSc1ccccc1C(=O)NC12CC3CC(CC(C3)C1)C2. The molecule has 1 N–H and O–H groups in total. The molecule has 4 fully saturated rings. The highest BCUT2D eigenvalue weighted by Crippen LogP contribution is 2.55. The van der Waals surface area contributed by atoms with Gasteiger partial charge in [-0.15, -0.1) is 11.8 Å². The van der Waals surface area contributed by atoms with Crippen molar-refractivity contribution in [3.05, 3.63) is 29.8 Å². The zero-order valence-electron chi connectivity index (χ0n) is 13.3. The Balaban J connectivity index is 1.55. The summed E-state index contributed by atoms with van der Waals surface area (Å²) in [6.07, 6.45) is 7.89. The third kappa shape index (κ3) is 2.58. The van der Waals surface area contributed by atoms with E-state index < -0.39 is 0 Å². The van der Waals surface area contributed by atoms with Gasteiger partial charge < -0.3 is 5.32 Å². The maximum Gasteiger partial charge on any atom is 0.252 e. The summed E-state index contributed by atoms with van der Waals surface area (Å²) in [4.78, 5) is 14.0. The highest BCUT2D eigenvalue weighted by Gasteiger charge is 2.51. The largest absolute Gasteiger partial charge is 0.347 e. The lowest BCUT2D eigenvalue weighted by Gasteiger charge is -2.56. The Morgan fingerprint density at radius 1 is 1.14 bits per heavy atom. The van der Waals surface area contributed by atoms with Crippen molar-refractivity contribution in [1.29, 1.82) is 0 Å². The summed E-state index contributed by atoms with van der Waals surface area (Å²) in [7, 11) is 0. The summed E-state index contributed by atoms with van der Waals surface area (Å²) >= 11 is 1.76. The van der Waals surface area contributed by atoms with E-state index in [0.717, 1.165) is 34.0 Å². The molecule has 4 bridgehead atoms. The topological polar surface area (TPSA) is 29.1 Å². The third-order valence-electron chi connectivity index (χ3n) is 5.85. The molecule has 22 heavy (non-hydrogen) atoms. The average molecular weight is 315 g/mol. The van der Waals surface area contributed by atoms with Crippen LogP contribution in [0.3, 0.4) is 0 Å². The molecule has 1 aromatic rings. The van der Waals surface area contributed by atoms with E-state index in [1.165, 1.54) is 38.5 Å². The van der Waals surface area contributed by atoms with Gasteiger partial charge >= 0.3 is 0 Å². The van der Waals surface area contributed by atoms with Gasteiger partial charge in [-0.2, -0.15) is 0 Å². The maximum atomic E-state index is 12.9. The first kappa shape index (κ1) is 14.6. The Labute approximate surface area is 137 Å². The first-order valence-electron chi connectivity index (χ1n) is 8.72. The molecule has 0 aromatic heterocycles. The van der Waals surface area contributed by atoms with Gasteiger partial charge in [0.2, 0.25) is 0 Å². The van der Waals surface area contributed by atoms with Gasteiger partial charge in [-0.25, -0.2) is 0 Å². The predicted octanol–water partition coefficient (Wildman–Crippen LogP) is 4.50. The van der Waals surface area contributed by atoms with Crippen LogP contribution in [0.1, 0.15) is 55.8 Å². The van der Waals surface area contributed by atoms with Crippen molar-refractivity contribution in [1.82, 2.24) is 5.32 Å². The average Bonchev–Trinajstić information content (AvgIpc) is 2.46. The summed E-state index contributed by atoms with van der Waals surface area (Å²) in [5.74, 6) is 3.76. The van der Waals surface area contributed by atoms with E-state index >= 15 is 0 Å². The number of carbonyl (C=O) groups excluding carboxylic acids is 1. The summed E-state index contributed by atoms with van der Waals surface area (Å²) in [5, 5.41) is 3.49. The number of amides is 1. The van der Waals surface area contributed by atoms with Crippen molar-refractivity contribution in [3.8, 4) is 0 Å². The van der Waals surface area contributed by atoms with Crippen LogP contribution in [0.15, 0.2) is 29.2 Å². The molecule has 0 radical (unpaired) electrons. The lowest BCUT2D eigenvalue weighted by Crippen LogP contribution is -2.59. The number of nitrogens with one attached hydrogen (secondary N) is 1. The smallest absolute Gasteiger partial charge is 0.252 e. The fraction of sp³-hybridized carbons (Fsp3) is 0.632. The fourth-order valence-electron chi connectivity index (χ4n) is 5.51. The predicted molar refractivity (Wildman–Crippen MR) is 91.2 cm³/mol. The molecule has 0 saturated heterocycles. The number of hydrogen-bond donors (Lipinski definition) is 1. The number of rotatable bonds is 4. The maximum absolute atomic E-state index is 12.9. The molecule has 0 spiro atoms. The fourth-order valence-corrected chi connectivity index (χ4v) is 6.31. The molecule has 0 aliphatic heterocycles. The number of carbonyl (C=O) groups is 1. The van der Waals surface area contributed by atoms with Crippen LogP contribution in [0.2, 0.25) is 0 Å². The van der Waals surface area contributed by atoms with Gasteiger partial charge in [0.15, 0.2) is 0 Å². The van der Waals surface area contributed by atoms with Crippen LogP contribution in [-0.2, 0) is 0 Å². The Kier molecular flexibility index (Phi) is 3.72. The van der Waals surface area contributed by atoms with Crippen LogP contribution in [0.4, 0.5) is 0 Å². The van der Waals surface area contributed by atoms with Gasteiger partial charge in [0.1, 0.15) is 0 Å². The molecule has 1 amide bonds. The Morgan fingerprint density at radius 3 is 2.32 bits per heavy atom. The lowest BCUT2D eigenvalue weighted by atomic mass is 9.53. The van der Waals surface area contributed by atoms with E-state index in [4.69, 9.17) is 0 Å². The molecule has 4 saturated carbocycles. The van der Waals surface area contributed by atoms with Crippen LogP contribution >= 0.6 is 11.8 Å². The normalized spacial score (nSPS) is 35.6. The van der Waals surface area contributed by atoms with Crippen molar-refractivity contribution in [2.24, 2.45) is 17.8 Å². The van der Waals surface area contributed by atoms with Gasteiger partial charge in [0.25, 0.3) is 5.91 Å². The van der Waals surface area contributed by atoms with Gasteiger partial charge in [-0.05, 0) is 74.2 Å². The van der Waals surface area contributed by atoms with Crippen LogP contribution < -0.4 is 5.32 Å². The molecule has 0 atom stereocenters. The van der Waals surface area contributed by atoms with E-state index in [2.05, 4.69) is 18.3 Å². The second-order valence-electron chi connectivity index (χ2n) is 7.58. The quantitative estimate of drug-likeness (QED) is 0.829. The van der Waals surface area contributed by atoms with Crippen LogP contribution in [0.25, 0.3) is 0 Å². The van der Waals surface area contributed by atoms with E-state index in [-0.39, 0.29) is 11.4 Å². The van der Waals surface area contributed by atoms with Gasteiger partial charge in [-0.1, -0.05) is 19.1 Å². The molecular formula is C19H25NOS. The molecule has 118 valence electrons. The standard InChI is InChI=1S/C19H25NOS/c1-2-22-17-6-4-3-5-16(17)18(21)20-19-10-13-7-14(11-19)9-15(8-13)12-19/h3-6,13-15H,2,7-12H2,1H3,(H,20,21). The first-order valence-corrected chi connectivity index (χ1v) is 9.70. The van der Waals surface area contributed by atoms with Crippen molar-refractivity contribution >= 4 is 17.7 Å². The lowest BCUT2D eigenvalue weighted by molar-refractivity contribution is -0.0167. The zero-order chi connectivity index (χ0) is 15.2.